The van der Waals surface area contributed by atoms with Crippen LogP contribution in [0.25, 0.3) is 0 Å². The lowest BCUT2D eigenvalue weighted by Gasteiger charge is -1.99. The van der Waals surface area contributed by atoms with Crippen molar-refractivity contribution in [3.63, 3.8) is 0 Å². The van der Waals surface area contributed by atoms with Crippen molar-refractivity contribution in [3.8, 4) is 0 Å². The third kappa shape index (κ3) is 10.1. The predicted molar refractivity (Wildman–Crippen MR) is 61.1 cm³/mol. The van der Waals surface area contributed by atoms with Gasteiger partial charge in [-0.25, -0.2) is 0 Å². The average molecular weight is 240 g/mol. The number of carboxylic acid groups (broad SMARTS) is 1. The topological polar surface area (TPSA) is 57.5 Å². The van der Waals surface area contributed by atoms with Crippen LogP contribution in [0.2, 0.25) is 0 Å². The molecular weight excluding hydrogens is 228 g/mol. The molecule has 0 aromatic carbocycles. The highest BCUT2D eigenvalue weighted by molar-refractivity contribution is 9.05. The second kappa shape index (κ2) is 8.80. The van der Waals surface area contributed by atoms with E-state index in [1.165, 1.54) is 15.9 Å². The van der Waals surface area contributed by atoms with Gasteiger partial charge >= 0.3 is 5.97 Å². The largest absolute Gasteiger partial charge is 0.481 e. The predicted octanol–water partition coefficient (Wildman–Crippen LogP) is 1.99. The summed E-state index contributed by atoms with van der Waals surface area (Å²) >= 11 is 3.94. The molecule has 0 aromatic rings. The van der Waals surface area contributed by atoms with E-state index in [1.54, 1.807) is 16.9 Å². The van der Waals surface area contributed by atoms with E-state index in [0.717, 1.165) is 12.2 Å². The van der Waals surface area contributed by atoms with Gasteiger partial charge in [-0.05, 0) is 16.2 Å². The highest BCUT2D eigenvalue weighted by Gasteiger charge is 2.03. The Hall–Kier alpha value is 0.220. The molecule has 0 amide bonds. The van der Waals surface area contributed by atoms with Crippen molar-refractivity contribution in [2.45, 2.75) is 18.9 Å². The van der Waals surface area contributed by atoms with Gasteiger partial charge in [0, 0.05) is 5.75 Å². The van der Waals surface area contributed by atoms with Crippen molar-refractivity contribution in [2.24, 2.45) is 0 Å². The summed E-state index contributed by atoms with van der Waals surface area (Å²) in [4.78, 5) is 10.1. The van der Waals surface area contributed by atoms with Crippen LogP contribution in [0.5, 0.6) is 0 Å². The summed E-state index contributed by atoms with van der Waals surface area (Å²) in [5.74, 6) is -0.0813. The zero-order valence-corrected chi connectivity index (χ0v) is 9.45. The summed E-state index contributed by atoms with van der Waals surface area (Å²) in [6.45, 7) is 0. The highest BCUT2D eigenvalue weighted by Crippen LogP contribution is 2.25. The van der Waals surface area contributed by atoms with E-state index >= 15 is 0 Å². The van der Waals surface area contributed by atoms with Crippen LogP contribution >= 0.6 is 32.3 Å². The van der Waals surface area contributed by atoms with E-state index in [4.69, 9.17) is 10.2 Å². The SMILES string of the molecule is O=C(O)CC(O)/C=C/CCSSS. The summed E-state index contributed by atoms with van der Waals surface area (Å²) in [5.41, 5.74) is 0. The molecule has 76 valence electrons. The number of carboxylic acids is 1. The van der Waals surface area contributed by atoms with Gasteiger partial charge in [0.1, 0.15) is 0 Å². The molecule has 13 heavy (non-hydrogen) atoms. The molecule has 0 aliphatic heterocycles. The van der Waals surface area contributed by atoms with Crippen LogP contribution in [0.3, 0.4) is 0 Å². The number of aliphatic carboxylic acids is 1. The van der Waals surface area contributed by atoms with Gasteiger partial charge in [-0.3, -0.25) is 4.79 Å². The quantitative estimate of drug-likeness (QED) is 0.275. The van der Waals surface area contributed by atoms with Crippen LogP contribution in [0.1, 0.15) is 12.8 Å². The number of aliphatic hydroxyl groups is 1. The van der Waals surface area contributed by atoms with E-state index in [-0.39, 0.29) is 6.42 Å². The van der Waals surface area contributed by atoms with Crippen molar-refractivity contribution in [1.29, 1.82) is 0 Å². The molecule has 0 saturated heterocycles. The number of aliphatic hydroxyl groups excluding tert-OH is 1. The van der Waals surface area contributed by atoms with E-state index in [9.17, 15) is 4.79 Å². The van der Waals surface area contributed by atoms with Crippen molar-refractivity contribution < 1.29 is 15.0 Å². The maximum atomic E-state index is 10.1. The Morgan fingerprint density at radius 1 is 1.62 bits per heavy atom. The first-order valence-corrected chi connectivity index (χ1v) is 7.03. The maximum absolute atomic E-state index is 10.1. The number of hydrogen-bond acceptors (Lipinski definition) is 5. The molecule has 0 bridgehead atoms. The molecule has 0 aromatic heterocycles. The first-order valence-electron chi connectivity index (χ1n) is 3.66. The molecule has 6 heteroatoms. The van der Waals surface area contributed by atoms with Gasteiger partial charge in [-0.15, -0.1) is 0 Å². The van der Waals surface area contributed by atoms with Gasteiger partial charge in [0.2, 0.25) is 0 Å². The van der Waals surface area contributed by atoms with Crippen molar-refractivity contribution in [1.82, 2.24) is 0 Å². The number of rotatable bonds is 7. The van der Waals surface area contributed by atoms with Gasteiger partial charge in [-0.2, -0.15) is 0 Å². The Balaban J connectivity index is 3.41. The van der Waals surface area contributed by atoms with Crippen molar-refractivity contribution in [2.75, 3.05) is 5.75 Å². The fourth-order valence-corrected chi connectivity index (χ4v) is 2.14. The molecule has 3 nitrogen and oxygen atoms in total. The van der Waals surface area contributed by atoms with E-state index in [2.05, 4.69) is 11.7 Å². The zero-order chi connectivity index (χ0) is 10.1. The van der Waals surface area contributed by atoms with Gasteiger partial charge in [-0.1, -0.05) is 34.6 Å². The normalized spacial score (nSPS) is 13.4. The molecular formula is C7H12O3S3. The standard InChI is InChI=1S/C7H12O3S3/c8-6(5-7(9)10)3-1-2-4-12-13-11/h1,3,6,8,11H,2,4-5H2,(H,9,10)/b3-1+. The second-order valence-corrected chi connectivity index (χ2v) is 5.57. The minimum Gasteiger partial charge on any atom is -0.481 e. The summed E-state index contributed by atoms with van der Waals surface area (Å²) in [7, 11) is 3.00. The molecule has 0 saturated carbocycles. The third-order valence-electron chi connectivity index (χ3n) is 1.16. The summed E-state index contributed by atoms with van der Waals surface area (Å²) in [6.07, 6.45) is 3.01. The number of thiol groups is 1. The van der Waals surface area contributed by atoms with Gasteiger partial charge in [0.25, 0.3) is 0 Å². The fraction of sp³-hybridized carbons (Fsp3) is 0.571. The Kier molecular flexibility index (Phi) is 8.95. The minimum atomic E-state index is -0.988. The lowest BCUT2D eigenvalue weighted by atomic mass is 10.2. The Bertz CT molecular complexity index is 172. The van der Waals surface area contributed by atoms with E-state index in [1.807, 2.05) is 0 Å². The molecule has 1 atom stereocenters. The first kappa shape index (κ1) is 13.2. The van der Waals surface area contributed by atoms with Crippen LogP contribution in [0, 0.1) is 0 Å². The van der Waals surface area contributed by atoms with Crippen LogP contribution < -0.4 is 0 Å². The van der Waals surface area contributed by atoms with Gasteiger partial charge < -0.3 is 10.2 Å². The zero-order valence-electron chi connectivity index (χ0n) is 6.92. The van der Waals surface area contributed by atoms with Crippen molar-refractivity contribution >= 4 is 38.2 Å². The van der Waals surface area contributed by atoms with Gasteiger partial charge in [0.15, 0.2) is 0 Å². The molecule has 0 heterocycles. The summed E-state index contributed by atoms with van der Waals surface area (Å²) in [5, 5.41) is 17.4. The molecule has 0 aliphatic rings. The smallest absolute Gasteiger partial charge is 0.306 e. The van der Waals surface area contributed by atoms with Gasteiger partial charge in [0.05, 0.1) is 12.5 Å². The molecule has 2 N–H and O–H groups in total. The van der Waals surface area contributed by atoms with Crippen LogP contribution in [0.4, 0.5) is 0 Å². The average Bonchev–Trinajstić information content (AvgIpc) is 2.02. The molecule has 0 fully saturated rings. The molecule has 1 unspecified atom stereocenters. The third-order valence-corrected chi connectivity index (χ3v) is 3.44. The van der Waals surface area contributed by atoms with Crippen LogP contribution in [0.15, 0.2) is 12.2 Å². The molecule has 0 radical (unpaired) electrons. The molecule has 0 rings (SSSR count). The summed E-state index contributed by atoms with van der Waals surface area (Å²) in [6, 6.07) is 0. The first-order chi connectivity index (χ1) is 6.16. The minimum absolute atomic E-state index is 0.231. The maximum Gasteiger partial charge on any atom is 0.306 e. The van der Waals surface area contributed by atoms with Crippen LogP contribution in [-0.4, -0.2) is 28.0 Å². The second-order valence-electron chi connectivity index (χ2n) is 2.28. The number of carbonyl (C=O) groups is 1. The number of hydrogen-bond donors (Lipinski definition) is 3. The Labute approximate surface area is 90.2 Å². The van der Waals surface area contributed by atoms with Crippen LogP contribution in [-0.2, 0) is 4.79 Å². The molecule has 0 spiro atoms. The molecule has 0 aliphatic carbocycles. The fourth-order valence-electron chi connectivity index (χ4n) is 0.654. The van der Waals surface area contributed by atoms with Crippen molar-refractivity contribution in [3.05, 3.63) is 12.2 Å². The summed E-state index contributed by atoms with van der Waals surface area (Å²) < 4.78 is 0. The highest BCUT2D eigenvalue weighted by atomic mass is 33.5. The van der Waals surface area contributed by atoms with E-state index in [0.29, 0.717) is 0 Å². The lowest BCUT2D eigenvalue weighted by Crippen LogP contribution is -2.09. The lowest BCUT2D eigenvalue weighted by molar-refractivity contribution is -0.138. The Morgan fingerprint density at radius 2 is 2.31 bits per heavy atom. The Morgan fingerprint density at radius 3 is 2.85 bits per heavy atom. The number of allylic oxidation sites excluding steroid dienone is 1. The monoisotopic (exact) mass is 240 g/mol. The van der Waals surface area contributed by atoms with E-state index < -0.39 is 12.1 Å².